The maximum Gasteiger partial charge on any atom is 0.490 e. The summed E-state index contributed by atoms with van der Waals surface area (Å²) in [6.45, 7) is 0.852. The van der Waals surface area contributed by atoms with Crippen LogP contribution >= 0.6 is 11.3 Å². The van der Waals surface area contributed by atoms with Crippen molar-refractivity contribution in [1.29, 1.82) is 0 Å². The highest BCUT2D eigenvalue weighted by Crippen LogP contribution is 2.34. The fourth-order valence-corrected chi connectivity index (χ4v) is 4.61. The molecular weight excluding hydrogens is 530 g/mol. The summed E-state index contributed by atoms with van der Waals surface area (Å²) in [6.07, 6.45) is 1.40. The van der Waals surface area contributed by atoms with Gasteiger partial charge in [-0.15, -0.1) is 10.2 Å². The van der Waals surface area contributed by atoms with Crippen LogP contribution in [0.2, 0.25) is 0 Å². The van der Waals surface area contributed by atoms with Crippen LogP contribution in [-0.4, -0.2) is 58.8 Å². The van der Waals surface area contributed by atoms with Crippen LogP contribution in [0.4, 0.5) is 31.5 Å². The topological polar surface area (TPSA) is 112 Å². The number of halogens is 6. The number of hydrogen-bond acceptors (Lipinski definition) is 7. The van der Waals surface area contributed by atoms with Gasteiger partial charge in [-0.2, -0.15) is 26.3 Å². The predicted molar refractivity (Wildman–Crippen MR) is 122 cm³/mol. The molecule has 2 heterocycles. The lowest BCUT2D eigenvalue weighted by molar-refractivity contribution is -0.192. The normalized spacial score (nSPS) is 19.5. The van der Waals surface area contributed by atoms with Crippen LogP contribution < -0.4 is 10.2 Å². The molecule has 37 heavy (non-hydrogen) atoms. The van der Waals surface area contributed by atoms with Gasteiger partial charge in [0.05, 0.1) is 6.04 Å². The van der Waals surface area contributed by atoms with Gasteiger partial charge in [0.1, 0.15) is 5.78 Å². The lowest BCUT2D eigenvalue weighted by Gasteiger charge is -2.29. The number of ketones is 1. The molecule has 208 valence electrons. The highest BCUT2D eigenvalue weighted by molar-refractivity contribution is 7.15. The Morgan fingerprint density at radius 1 is 1.11 bits per heavy atom. The Hall–Kier alpha value is -2.55. The molecule has 1 aliphatic carbocycles. The zero-order valence-corrected chi connectivity index (χ0v) is 20.8. The first-order chi connectivity index (χ1) is 17.2. The number of allylic oxidation sites excluding steroid dienone is 1. The smallest absolute Gasteiger partial charge is 0.475 e. The summed E-state index contributed by atoms with van der Waals surface area (Å²) in [4.78, 5) is 34.9. The van der Waals surface area contributed by atoms with Crippen LogP contribution in [0, 0.1) is 11.8 Å². The molecule has 1 saturated carbocycles. The number of rotatable bonds is 8. The molecule has 2 atom stereocenters. The SMILES string of the molecule is CN(C(=O)/C=C/[C@@H](CC(=O)[C@@H]1CCN1)CC1CCCCC1)c1nnc(C(F)(F)F)s1.O=C(O)C(F)(F)F. The molecule has 8 nitrogen and oxygen atoms in total. The highest BCUT2D eigenvalue weighted by Gasteiger charge is 2.38. The van der Waals surface area contributed by atoms with E-state index in [4.69, 9.17) is 9.90 Å². The van der Waals surface area contributed by atoms with Crippen molar-refractivity contribution in [3.05, 3.63) is 17.2 Å². The van der Waals surface area contributed by atoms with Gasteiger partial charge < -0.3 is 10.4 Å². The van der Waals surface area contributed by atoms with Crippen molar-refractivity contribution in [3.8, 4) is 0 Å². The van der Waals surface area contributed by atoms with Crippen molar-refractivity contribution < 1.29 is 45.8 Å². The molecule has 0 unspecified atom stereocenters. The summed E-state index contributed by atoms with van der Waals surface area (Å²) >= 11 is 0.326. The number of carbonyl (C=O) groups is 3. The Kier molecular flexibility index (Phi) is 11.0. The monoisotopic (exact) mass is 558 g/mol. The number of aliphatic carboxylic acids is 1. The quantitative estimate of drug-likeness (QED) is 0.354. The summed E-state index contributed by atoms with van der Waals surface area (Å²) in [5.74, 6) is -2.59. The molecule has 0 radical (unpaired) electrons. The van der Waals surface area contributed by atoms with Gasteiger partial charge in [0.2, 0.25) is 10.1 Å². The molecular formula is C22H28F6N4O4S. The summed E-state index contributed by atoms with van der Waals surface area (Å²) in [5.41, 5.74) is 0. The Labute approximate surface area is 213 Å². The molecule has 1 aromatic heterocycles. The molecule has 15 heteroatoms. The molecule has 2 aliphatic rings. The van der Waals surface area contributed by atoms with Gasteiger partial charge in [-0.3, -0.25) is 14.5 Å². The summed E-state index contributed by atoms with van der Waals surface area (Å²) in [7, 11) is 1.37. The van der Waals surface area contributed by atoms with Crippen LogP contribution in [0.3, 0.4) is 0 Å². The van der Waals surface area contributed by atoms with E-state index in [1.54, 1.807) is 6.08 Å². The van der Waals surface area contributed by atoms with E-state index >= 15 is 0 Å². The Bertz CT molecular complexity index is 956. The van der Waals surface area contributed by atoms with E-state index in [9.17, 15) is 35.9 Å². The Morgan fingerprint density at radius 2 is 1.70 bits per heavy atom. The van der Waals surface area contributed by atoms with E-state index in [1.165, 1.54) is 32.4 Å². The van der Waals surface area contributed by atoms with Gasteiger partial charge in [0.25, 0.3) is 5.91 Å². The largest absolute Gasteiger partial charge is 0.490 e. The van der Waals surface area contributed by atoms with E-state index < -0.39 is 29.2 Å². The predicted octanol–water partition coefficient (Wildman–Crippen LogP) is 4.62. The summed E-state index contributed by atoms with van der Waals surface area (Å²) in [5, 5.41) is 15.6. The fourth-order valence-electron chi connectivity index (χ4n) is 3.94. The molecule has 1 aliphatic heterocycles. The minimum absolute atomic E-state index is 0.0551. The highest BCUT2D eigenvalue weighted by atomic mass is 32.1. The minimum Gasteiger partial charge on any atom is -0.475 e. The number of hydrogen-bond donors (Lipinski definition) is 2. The van der Waals surface area contributed by atoms with Crippen molar-refractivity contribution in [2.24, 2.45) is 11.8 Å². The summed E-state index contributed by atoms with van der Waals surface area (Å²) < 4.78 is 69.9. The molecule has 3 rings (SSSR count). The maximum absolute atomic E-state index is 12.7. The average molecular weight is 559 g/mol. The van der Waals surface area contributed by atoms with Gasteiger partial charge in [-0.25, -0.2) is 4.79 Å². The third-order valence-corrected chi connectivity index (χ3v) is 7.11. The lowest BCUT2D eigenvalue weighted by atomic mass is 9.80. The van der Waals surface area contributed by atoms with Crippen LogP contribution in [0.25, 0.3) is 0 Å². The first-order valence-corrected chi connectivity index (χ1v) is 12.4. The molecule has 0 bridgehead atoms. The van der Waals surface area contributed by atoms with Gasteiger partial charge in [-0.05, 0) is 37.3 Å². The Balaban J connectivity index is 0.000000604. The third-order valence-electron chi connectivity index (χ3n) is 6.06. The number of Topliss-reactive ketones (excluding diaryl/α,β-unsaturated/α-hetero) is 1. The molecule has 0 spiro atoms. The molecule has 1 amide bonds. The minimum atomic E-state index is -5.08. The molecule has 2 N–H and O–H groups in total. The van der Waals surface area contributed by atoms with E-state index in [-0.39, 0.29) is 22.9 Å². The number of carbonyl (C=O) groups excluding carboxylic acids is 2. The van der Waals surface area contributed by atoms with Gasteiger partial charge in [-0.1, -0.05) is 49.5 Å². The van der Waals surface area contributed by atoms with Gasteiger partial charge in [0, 0.05) is 13.5 Å². The van der Waals surface area contributed by atoms with Crippen LogP contribution in [0.15, 0.2) is 12.2 Å². The standard InChI is InChI=1S/C20H27F3N4O2S.C2HF3O2/c1-27(19-26-25-18(30-19)20(21,22)23)17(29)8-7-14(11-13-5-3-2-4-6-13)12-16(28)15-9-10-24-15;3-2(4,5)1(6)7/h7-8,13-15,24H,2-6,9-12H2,1H3;(H,6,7)/b8-7+;/t14-,15+;/m1./s1. The second kappa shape index (κ2) is 13.3. The zero-order valence-electron chi connectivity index (χ0n) is 19.9. The van der Waals surface area contributed by atoms with Crippen LogP contribution in [-0.2, 0) is 20.6 Å². The van der Waals surface area contributed by atoms with Gasteiger partial charge >= 0.3 is 18.3 Å². The number of amides is 1. The lowest BCUT2D eigenvalue weighted by Crippen LogP contribution is -2.48. The van der Waals surface area contributed by atoms with Gasteiger partial charge in [0.15, 0.2) is 0 Å². The number of anilines is 1. The molecule has 1 saturated heterocycles. The number of carboxylic acid groups (broad SMARTS) is 1. The molecule has 1 aromatic rings. The van der Waals surface area contributed by atoms with E-state index in [0.29, 0.717) is 23.7 Å². The number of aromatic nitrogens is 2. The number of carboxylic acids is 1. The van der Waals surface area contributed by atoms with Crippen LogP contribution in [0.5, 0.6) is 0 Å². The number of likely N-dealkylation sites (N-methyl/N-ethyl adjacent to an activating group) is 1. The van der Waals surface area contributed by atoms with Crippen molar-refractivity contribution in [2.75, 3.05) is 18.5 Å². The van der Waals surface area contributed by atoms with E-state index in [1.807, 2.05) is 0 Å². The van der Waals surface area contributed by atoms with E-state index in [0.717, 1.165) is 37.1 Å². The number of alkyl halides is 6. The van der Waals surface area contributed by atoms with Crippen molar-refractivity contribution in [1.82, 2.24) is 15.5 Å². The molecule has 0 aromatic carbocycles. The fraction of sp³-hybridized carbons (Fsp3) is 0.682. The number of nitrogens with one attached hydrogen (secondary N) is 1. The van der Waals surface area contributed by atoms with Crippen molar-refractivity contribution in [2.45, 2.75) is 69.8 Å². The second-order valence-electron chi connectivity index (χ2n) is 8.91. The molecule has 2 fully saturated rings. The third kappa shape index (κ3) is 10.0. The summed E-state index contributed by atoms with van der Waals surface area (Å²) in [6, 6.07) is -0.0900. The zero-order chi connectivity index (χ0) is 27.8. The van der Waals surface area contributed by atoms with Crippen molar-refractivity contribution in [3.63, 3.8) is 0 Å². The first-order valence-electron chi connectivity index (χ1n) is 11.6. The van der Waals surface area contributed by atoms with Crippen LogP contribution in [0.1, 0.15) is 56.4 Å². The number of nitrogens with zero attached hydrogens (tertiary/aromatic N) is 3. The van der Waals surface area contributed by atoms with Crippen molar-refractivity contribution >= 4 is 34.1 Å². The maximum atomic E-state index is 12.7. The van der Waals surface area contributed by atoms with E-state index in [2.05, 4.69) is 15.5 Å². The first kappa shape index (κ1) is 30.7. The average Bonchev–Trinajstić information content (AvgIpc) is 3.27. The Morgan fingerprint density at radius 3 is 2.16 bits per heavy atom. The second-order valence-corrected chi connectivity index (χ2v) is 9.87.